The van der Waals surface area contributed by atoms with Crippen molar-refractivity contribution >= 4 is 34.8 Å². The van der Waals surface area contributed by atoms with Crippen LogP contribution >= 0.6 is 22.9 Å². The molecule has 4 aromatic rings. The zero-order chi connectivity index (χ0) is 30.9. The van der Waals surface area contributed by atoms with E-state index in [1.807, 2.05) is 6.07 Å². The Hall–Kier alpha value is -3.86. The van der Waals surface area contributed by atoms with Crippen molar-refractivity contribution in [3.05, 3.63) is 111 Å². The summed E-state index contributed by atoms with van der Waals surface area (Å²) in [5, 5.41) is 14.6. The number of rotatable bonds is 9. The number of halogens is 3. The zero-order valence-corrected chi connectivity index (χ0v) is 25.2. The Morgan fingerprint density at radius 1 is 1.14 bits per heavy atom. The molecule has 0 saturated carbocycles. The predicted octanol–water partition coefficient (Wildman–Crippen LogP) is 6.53. The Kier molecular flexibility index (Phi) is 8.56. The van der Waals surface area contributed by atoms with Crippen molar-refractivity contribution in [2.75, 3.05) is 6.54 Å². The first-order valence-corrected chi connectivity index (χ1v) is 14.7. The highest BCUT2D eigenvalue weighted by atomic mass is 35.5. The van der Waals surface area contributed by atoms with E-state index in [1.54, 1.807) is 59.5 Å². The van der Waals surface area contributed by atoms with E-state index in [0.29, 0.717) is 27.6 Å². The second-order valence-electron chi connectivity index (χ2n) is 11.0. The fourth-order valence-electron chi connectivity index (χ4n) is 5.23. The molecule has 5 rings (SSSR count). The molecule has 11 heteroatoms. The van der Waals surface area contributed by atoms with Gasteiger partial charge in [-0.3, -0.25) is 9.48 Å². The minimum atomic E-state index is -4.11. The minimum Gasteiger partial charge on any atom is -0.456 e. The molecule has 1 amide bonds. The van der Waals surface area contributed by atoms with E-state index in [9.17, 15) is 14.7 Å². The Balaban J connectivity index is 1.60. The number of aliphatic hydroxyl groups is 1. The van der Waals surface area contributed by atoms with Gasteiger partial charge in [0.05, 0.1) is 23.0 Å². The lowest BCUT2D eigenvalue weighted by atomic mass is 9.83. The number of hydrogen-bond acceptors (Lipinski definition) is 6. The number of alkyl halides is 2. The van der Waals surface area contributed by atoms with Gasteiger partial charge in [-0.05, 0) is 48.2 Å². The molecule has 0 fully saturated rings. The van der Waals surface area contributed by atoms with Crippen LogP contribution in [0.1, 0.15) is 47.0 Å². The monoisotopic (exact) mass is 625 g/mol. The molecule has 0 spiro atoms. The van der Waals surface area contributed by atoms with Crippen LogP contribution in [0.15, 0.2) is 79.5 Å². The third-order valence-electron chi connectivity index (χ3n) is 7.11. The molecular weight excluding hydrogens is 596 g/mol. The Morgan fingerprint density at radius 2 is 1.84 bits per heavy atom. The first kappa shape index (κ1) is 30.6. The van der Waals surface area contributed by atoms with Crippen molar-refractivity contribution < 1.29 is 28.2 Å². The summed E-state index contributed by atoms with van der Waals surface area (Å²) in [6.45, 7) is 6.86. The van der Waals surface area contributed by atoms with Gasteiger partial charge in [-0.1, -0.05) is 72.8 Å². The van der Waals surface area contributed by atoms with Crippen molar-refractivity contribution in [2.45, 2.75) is 51.0 Å². The van der Waals surface area contributed by atoms with Crippen molar-refractivity contribution in [1.82, 2.24) is 14.7 Å². The van der Waals surface area contributed by atoms with Crippen LogP contribution in [0.2, 0.25) is 4.34 Å². The molecule has 1 aliphatic heterocycles. The van der Waals surface area contributed by atoms with Crippen LogP contribution in [0.3, 0.4) is 0 Å². The average molecular weight is 626 g/mol. The Bertz CT molecular complexity index is 1660. The lowest BCUT2D eigenvalue weighted by Gasteiger charge is -2.33. The number of carbonyl (C=O) groups excluding carboxylic acids is 2. The van der Waals surface area contributed by atoms with Crippen LogP contribution in [-0.4, -0.2) is 43.8 Å². The number of esters is 1. The molecule has 43 heavy (non-hydrogen) atoms. The van der Waals surface area contributed by atoms with Crippen LogP contribution in [0.25, 0.3) is 11.1 Å². The van der Waals surface area contributed by atoms with Gasteiger partial charge in [0, 0.05) is 29.1 Å². The van der Waals surface area contributed by atoms with Gasteiger partial charge < -0.3 is 14.7 Å². The van der Waals surface area contributed by atoms with Crippen molar-refractivity contribution in [2.24, 2.45) is 0 Å². The number of thiophene rings is 1. The Labute approximate surface area is 257 Å². The summed E-state index contributed by atoms with van der Waals surface area (Å²) in [5.74, 6) is -6.52. The van der Waals surface area contributed by atoms with Gasteiger partial charge in [0.15, 0.2) is 5.69 Å². The smallest absolute Gasteiger partial charge is 0.386 e. The zero-order valence-electron chi connectivity index (χ0n) is 23.6. The molecule has 1 unspecified atom stereocenters. The first-order chi connectivity index (χ1) is 20.4. The highest BCUT2D eigenvalue weighted by Gasteiger charge is 2.48. The van der Waals surface area contributed by atoms with Gasteiger partial charge in [0.25, 0.3) is 0 Å². The van der Waals surface area contributed by atoms with Gasteiger partial charge in [-0.25, -0.2) is 4.79 Å². The van der Waals surface area contributed by atoms with Gasteiger partial charge in [0.1, 0.15) is 6.61 Å². The molecule has 1 N–H and O–H groups in total. The van der Waals surface area contributed by atoms with E-state index in [1.165, 1.54) is 42.1 Å². The summed E-state index contributed by atoms with van der Waals surface area (Å²) in [6, 6.07) is 17.4. The van der Waals surface area contributed by atoms with Crippen LogP contribution in [0.5, 0.6) is 0 Å². The predicted molar refractivity (Wildman–Crippen MR) is 161 cm³/mol. The van der Waals surface area contributed by atoms with Crippen LogP contribution in [0.4, 0.5) is 8.78 Å². The molecule has 2 aromatic heterocycles. The molecule has 2 aromatic carbocycles. The summed E-state index contributed by atoms with van der Waals surface area (Å²) in [7, 11) is 0. The van der Waals surface area contributed by atoms with Gasteiger partial charge >= 0.3 is 11.9 Å². The normalized spacial score (nSPS) is 15.2. The maximum atomic E-state index is 16.0. The van der Waals surface area contributed by atoms with Crippen molar-refractivity contribution in [1.29, 1.82) is 0 Å². The molecule has 0 radical (unpaired) electrons. The van der Waals surface area contributed by atoms with E-state index in [-0.39, 0.29) is 31.2 Å². The van der Waals surface area contributed by atoms with Crippen LogP contribution in [0, 0.1) is 0 Å². The third-order valence-corrected chi connectivity index (χ3v) is 8.38. The second kappa shape index (κ2) is 12.0. The van der Waals surface area contributed by atoms with E-state index in [4.69, 9.17) is 16.3 Å². The molecule has 0 aliphatic carbocycles. The highest BCUT2D eigenvalue weighted by molar-refractivity contribution is 7.16. The average Bonchev–Trinajstić information content (AvgIpc) is 3.57. The molecule has 3 heterocycles. The van der Waals surface area contributed by atoms with Crippen LogP contribution < -0.4 is 0 Å². The van der Waals surface area contributed by atoms with E-state index < -0.39 is 29.1 Å². The quantitative estimate of drug-likeness (QED) is 0.169. The minimum absolute atomic E-state index is 0.0107. The summed E-state index contributed by atoms with van der Waals surface area (Å²) >= 11 is 7.75. The summed E-state index contributed by atoms with van der Waals surface area (Å²) in [4.78, 5) is 28.1. The maximum Gasteiger partial charge on any atom is 0.386 e. The molecule has 0 bridgehead atoms. The fourth-order valence-corrected chi connectivity index (χ4v) is 6.59. The maximum absolute atomic E-state index is 16.0. The molecule has 7 nitrogen and oxygen atoms in total. The summed E-state index contributed by atoms with van der Waals surface area (Å²) in [6.07, 6.45) is 2.64. The molecule has 224 valence electrons. The first-order valence-electron chi connectivity index (χ1n) is 13.6. The Morgan fingerprint density at radius 3 is 2.53 bits per heavy atom. The number of carbonyl (C=O) groups is 2. The number of fused-ring (bicyclic) bond motifs is 1. The largest absolute Gasteiger partial charge is 0.456 e. The fraction of sp³-hybridized carbons (Fsp3) is 0.281. The summed E-state index contributed by atoms with van der Waals surface area (Å²) in [5.41, 5.74) is 0.456. The van der Waals surface area contributed by atoms with Gasteiger partial charge in [-0.15, -0.1) is 11.3 Å². The number of ether oxygens (including phenoxy) is 1. The number of hydrogen-bond donors (Lipinski definition) is 1. The number of amides is 1. The molecule has 0 saturated heterocycles. The van der Waals surface area contributed by atoms with Gasteiger partial charge in [0.2, 0.25) is 5.91 Å². The topological polar surface area (TPSA) is 84.7 Å². The molecule has 1 atom stereocenters. The van der Waals surface area contributed by atoms with Crippen molar-refractivity contribution in [3.63, 3.8) is 0 Å². The van der Waals surface area contributed by atoms with E-state index in [0.717, 1.165) is 10.4 Å². The van der Waals surface area contributed by atoms with E-state index >= 15 is 8.78 Å². The number of aromatic nitrogens is 2. The van der Waals surface area contributed by atoms with Gasteiger partial charge in [-0.2, -0.15) is 13.9 Å². The van der Waals surface area contributed by atoms with E-state index in [2.05, 4.69) is 11.7 Å². The lowest BCUT2D eigenvalue weighted by Crippen LogP contribution is -2.37. The SMILES string of the molecule is C=CC(=O)N1Cc2sc(Cl)cc2C(c2ccccc2-c2cn(CC(C)(C)O)nc2C(F)(F)C(=O)OCc2ccccc2)C1. The molecule has 1 aliphatic rings. The van der Waals surface area contributed by atoms with Crippen molar-refractivity contribution in [3.8, 4) is 11.1 Å². The third kappa shape index (κ3) is 6.56. The number of nitrogens with zero attached hydrogens (tertiary/aromatic N) is 3. The second-order valence-corrected chi connectivity index (χ2v) is 12.8. The van der Waals surface area contributed by atoms with Crippen LogP contribution in [-0.2, 0) is 39.9 Å². The lowest BCUT2D eigenvalue weighted by molar-refractivity contribution is -0.175. The highest BCUT2D eigenvalue weighted by Crippen LogP contribution is 2.45. The standard InChI is InChI=1S/C32H30ClF2N3O4S/c1-4-28(39)37-15-24(23-14-27(33)43-26(23)17-37)21-12-8-9-13-22(21)25-16-38(19-31(2,3)41)36-29(25)32(34,35)30(40)42-18-20-10-6-5-7-11-20/h4-14,16,24,41H,1,15,17-19H2,2-3H3. The number of benzene rings is 2. The summed E-state index contributed by atoms with van der Waals surface area (Å²) < 4.78 is 38.8. The molecular formula is C32H30ClF2N3O4S.